The van der Waals surface area contributed by atoms with Crippen molar-refractivity contribution >= 4 is 28.8 Å². The number of Topliss-reactive ketones (excluding diaryl/α,β-unsaturated/α-hetero) is 1. The Morgan fingerprint density at radius 1 is 0.878 bits per heavy atom. The minimum Gasteiger partial charge on any atom is -0.493 e. The summed E-state index contributed by atoms with van der Waals surface area (Å²) in [5.74, 6) is -3.46. The van der Waals surface area contributed by atoms with E-state index in [-0.39, 0.29) is 5.78 Å². The van der Waals surface area contributed by atoms with Crippen LogP contribution in [0.2, 0.25) is 0 Å². The molecule has 3 aromatic carbocycles. The van der Waals surface area contributed by atoms with Gasteiger partial charge in [0.15, 0.2) is 5.78 Å². The highest BCUT2D eigenvalue weighted by Crippen LogP contribution is 2.39. The lowest BCUT2D eigenvalue weighted by Gasteiger charge is -2.24. The molecule has 0 aromatic heterocycles. The smallest absolute Gasteiger partial charge is 0.322 e. The van der Waals surface area contributed by atoms with Crippen molar-refractivity contribution in [3.8, 4) is 5.75 Å². The molecule has 1 amide bonds. The fourth-order valence-electron chi connectivity index (χ4n) is 4.56. The molecule has 0 aliphatic carbocycles. The highest BCUT2D eigenvalue weighted by Gasteiger charge is 2.23. The summed E-state index contributed by atoms with van der Waals surface area (Å²) in [6.45, 7) is 11.9. The number of nitrogens with one attached hydrogen (secondary N) is 1. The number of ether oxygens (including phenoxy) is 1. The van der Waals surface area contributed by atoms with Crippen LogP contribution in [0.4, 0.5) is 8.78 Å². The third kappa shape index (κ3) is 8.33. The maximum Gasteiger partial charge on any atom is 0.322 e. The molecular weight excluding hydrogens is 528 g/mol. The number of carboxylic acids is 1. The van der Waals surface area contributed by atoms with Gasteiger partial charge in [0.05, 0.1) is 6.61 Å². The Morgan fingerprint density at radius 2 is 1.51 bits per heavy atom. The molecule has 1 heterocycles. The molecule has 0 atom stereocenters. The largest absolute Gasteiger partial charge is 0.493 e. The van der Waals surface area contributed by atoms with E-state index >= 15 is 0 Å². The molecule has 3 aromatic rings. The van der Waals surface area contributed by atoms with Crippen molar-refractivity contribution in [3.63, 3.8) is 0 Å². The van der Waals surface area contributed by atoms with E-state index in [0.717, 1.165) is 65.7 Å². The number of rotatable bonds is 6. The van der Waals surface area contributed by atoms with E-state index in [1.54, 1.807) is 6.92 Å². The van der Waals surface area contributed by atoms with Crippen LogP contribution >= 0.6 is 0 Å². The molecule has 0 fully saturated rings. The van der Waals surface area contributed by atoms with Crippen molar-refractivity contribution < 1.29 is 33.0 Å². The first-order chi connectivity index (χ1) is 19.5. The standard InChI is InChI=1S/C22H24O2.C9H7F2NO3.C2H6/c1-14-8-5-6-9-18(14)16(3)21(17(4)23)20-12-11-15(2)19-10-7-13-24-22(19)20;10-5-2-1-3-6(11)8(5)9(15)12-4-7(13)14;1-2/h5-6,8-9,11-12H,7,10,13H2,1-4H3;1-3H,4H2,(H,12,15)(H,13,14);1-2H3/b21-16+;;. The Bertz CT molecular complexity index is 1430. The van der Waals surface area contributed by atoms with E-state index in [1.807, 2.05) is 44.3 Å². The second kappa shape index (κ2) is 15.5. The number of fused-ring (bicyclic) bond motifs is 1. The van der Waals surface area contributed by atoms with Crippen LogP contribution in [0.3, 0.4) is 0 Å². The number of allylic oxidation sites excluding steroid dienone is 2. The van der Waals surface area contributed by atoms with Crippen LogP contribution < -0.4 is 10.1 Å². The molecule has 6 nitrogen and oxygen atoms in total. The lowest BCUT2D eigenvalue weighted by molar-refractivity contribution is -0.135. The van der Waals surface area contributed by atoms with E-state index in [9.17, 15) is 23.2 Å². The zero-order chi connectivity index (χ0) is 30.7. The van der Waals surface area contributed by atoms with Gasteiger partial charge in [-0.05, 0) is 80.5 Å². The van der Waals surface area contributed by atoms with E-state index in [1.165, 1.54) is 16.7 Å². The summed E-state index contributed by atoms with van der Waals surface area (Å²) in [6, 6.07) is 15.3. The molecule has 0 radical (unpaired) electrons. The molecule has 0 unspecified atom stereocenters. The summed E-state index contributed by atoms with van der Waals surface area (Å²) in [7, 11) is 0. The Hall–Kier alpha value is -4.33. The van der Waals surface area contributed by atoms with Gasteiger partial charge in [-0.1, -0.05) is 56.3 Å². The first-order valence-electron chi connectivity index (χ1n) is 13.5. The summed E-state index contributed by atoms with van der Waals surface area (Å²) in [5.41, 5.74) is 6.72. The molecule has 2 N–H and O–H groups in total. The van der Waals surface area contributed by atoms with Crippen molar-refractivity contribution in [2.45, 2.75) is 54.4 Å². The van der Waals surface area contributed by atoms with Gasteiger partial charge in [0.1, 0.15) is 29.5 Å². The molecule has 41 heavy (non-hydrogen) atoms. The molecule has 1 aliphatic rings. The summed E-state index contributed by atoms with van der Waals surface area (Å²) in [6.07, 6.45) is 2.05. The number of aliphatic carboxylic acids is 1. The zero-order valence-corrected chi connectivity index (χ0v) is 24.4. The second-order valence-electron chi connectivity index (χ2n) is 9.23. The quantitative estimate of drug-likeness (QED) is 0.249. The number of benzene rings is 3. The molecule has 8 heteroatoms. The minimum absolute atomic E-state index is 0.0796. The SMILES string of the molecule is CC.CC(=O)/C(=C(/C)c1ccccc1C)c1ccc(C)c2c1OCCC2.O=C(O)CNC(=O)c1c(F)cccc1F. The number of carbonyl (C=O) groups excluding carboxylic acids is 2. The van der Waals surface area contributed by atoms with Crippen molar-refractivity contribution in [2.75, 3.05) is 13.2 Å². The van der Waals surface area contributed by atoms with Gasteiger partial charge in [0.2, 0.25) is 0 Å². The molecular formula is C33H37F2NO5. The summed E-state index contributed by atoms with van der Waals surface area (Å²) < 4.78 is 32.0. The van der Waals surface area contributed by atoms with Crippen molar-refractivity contribution in [1.29, 1.82) is 0 Å². The second-order valence-corrected chi connectivity index (χ2v) is 9.23. The van der Waals surface area contributed by atoms with Gasteiger partial charge in [0, 0.05) is 11.1 Å². The van der Waals surface area contributed by atoms with Gasteiger partial charge in [-0.2, -0.15) is 0 Å². The average Bonchev–Trinajstić information content (AvgIpc) is 2.95. The Labute approximate surface area is 240 Å². The van der Waals surface area contributed by atoms with Crippen LogP contribution in [0.15, 0.2) is 54.6 Å². The summed E-state index contributed by atoms with van der Waals surface area (Å²) in [4.78, 5) is 33.8. The topological polar surface area (TPSA) is 92.7 Å². The van der Waals surface area contributed by atoms with E-state index < -0.39 is 35.6 Å². The summed E-state index contributed by atoms with van der Waals surface area (Å²) >= 11 is 0. The monoisotopic (exact) mass is 565 g/mol. The third-order valence-corrected chi connectivity index (χ3v) is 6.45. The van der Waals surface area contributed by atoms with Crippen LogP contribution in [0.25, 0.3) is 11.1 Å². The van der Waals surface area contributed by atoms with E-state index in [4.69, 9.17) is 9.84 Å². The number of amides is 1. The fraction of sp³-hybridized carbons (Fsp3) is 0.303. The molecule has 0 bridgehead atoms. The van der Waals surface area contributed by atoms with Crippen LogP contribution in [0.1, 0.15) is 72.3 Å². The highest BCUT2D eigenvalue weighted by molar-refractivity contribution is 6.27. The number of halogens is 2. The van der Waals surface area contributed by atoms with Gasteiger partial charge in [-0.15, -0.1) is 0 Å². The minimum atomic E-state index is -1.29. The maximum atomic E-state index is 13.0. The molecule has 4 rings (SSSR count). The van der Waals surface area contributed by atoms with Crippen molar-refractivity contribution in [1.82, 2.24) is 5.32 Å². The third-order valence-electron chi connectivity index (χ3n) is 6.45. The first kappa shape index (κ1) is 32.9. The molecule has 1 aliphatic heterocycles. The first-order valence-corrected chi connectivity index (χ1v) is 13.5. The number of aryl methyl sites for hydroxylation is 2. The van der Waals surface area contributed by atoms with Gasteiger partial charge in [-0.3, -0.25) is 14.4 Å². The Kier molecular flexibility index (Phi) is 12.4. The van der Waals surface area contributed by atoms with Gasteiger partial charge >= 0.3 is 5.97 Å². The number of carboxylic acid groups (broad SMARTS) is 1. The van der Waals surface area contributed by atoms with E-state index in [0.29, 0.717) is 0 Å². The molecule has 0 saturated carbocycles. The van der Waals surface area contributed by atoms with Gasteiger partial charge in [-0.25, -0.2) is 8.78 Å². The van der Waals surface area contributed by atoms with Crippen LogP contribution in [-0.4, -0.2) is 35.9 Å². The van der Waals surface area contributed by atoms with Gasteiger partial charge in [0.25, 0.3) is 5.91 Å². The van der Waals surface area contributed by atoms with Crippen LogP contribution in [0.5, 0.6) is 5.75 Å². The molecule has 218 valence electrons. The number of hydrogen-bond acceptors (Lipinski definition) is 4. The zero-order valence-electron chi connectivity index (χ0n) is 24.4. The van der Waals surface area contributed by atoms with Crippen molar-refractivity contribution in [3.05, 3.63) is 99.6 Å². The van der Waals surface area contributed by atoms with E-state index in [2.05, 4.69) is 32.0 Å². The number of ketones is 1. The Morgan fingerprint density at radius 3 is 2.10 bits per heavy atom. The maximum absolute atomic E-state index is 13.0. The average molecular weight is 566 g/mol. The number of carbonyl (C=O) groups is 3. The van der Waals surface area contributed by atoms with Gasteiger partial charge < -0.3 is 15.2 Å². The van der Waals surface area contributed by atoms with Crippen molar-refractivity contribution in [2.24, 2.45) is 0 Å². The molecule has 0 spiro atoms. The lowest BCUT2D eigenvalue weighted by Crippen LogP contribution is -2.30. The normalized spacial score (nSPS) is 12.2. The predicted molar refractivity (Wildman–Crippen MR) is 157 cm³/mol. The van der Waals surface area contributed by atoms with Crippen LogP contribution in [-0.2, 0) is 16.0 Å². The predicted octanol–water partition coefficient (Wildman–Crippen LogP) is 6.95. The Balaban J connectivity index is 0.000000298. The fourth-order valence-corrected chi connectivity index (χ4v) is 4.56. The highest BCUT2D eigenvalue weighted by atomic mass is 19.1. The lowest BCUT2D eigenvalue weighted by atomic mass is 9.87. The van der Waals surface area contributed by atoms with Crippen LogP contribution in [0, 0.1) is 25.5 Å². The molecule has 0 saturated heterocycles. The number of hydrogen-bond donors (Lipinski definition) is 2. The summed E-state index contributed by atoms with van der Waals surface area (Å²) in [5, 5.41) is 10.1.